The second-order valence-electron chi connectivity index (χ2n) is 5.17. The number of aromatic nitrogens is 2. The van der Waals surface area contributed by atoms with E-state index < -0.39 is 5.82 Å². The first-order valence-electron chi connectivity index (χ1n) is 6.71. The van der Waals surface area contributed by atoms with Crippen LogP contribution < -0.4 is 10.9 Å². The molecule has 0 saturated carbocycles. The van der Waals surface area contributed by atoms with Crippen LogP contribution in [0, 0.1) is 11.7 Å². The summed E-state index contributed by atoms with van der Waals surface area (Å²) in [7, 11) is 0. The molecule has 106 valence electrons. The average molecular weight is 296 g/mol. The van der Waals surface area contributed by atoms with Gasteiger partial charge in [-0.1, -0.05) is 0 Å². The van der Waals surface area contributed by atoms with Crippen molar-refractivity contribution in [3.63, 3.8) is 0 Å². The van der Waals surface area contributed by atoms with Gasteiger partial charge in [-0.2, -0.15) is 0 Å². The fourth-order valence-electron chi connectivity index (χ4n) is 2.66. The normalized spacial score (nSPS) is 19.4. The van der Waals surface area contributed by atoms with Crippen molar-refractivity contribution >= 4 is 22.5 Å². The summed E-state index contributed by atoms with van der Waals surface area (Å²) in [5.74, 6) is -0.0867. The molecule has 1 N–H and O–H groups in total. The van der Waals surface area contributed by atoms with Crippen LogP contribution in [0.5, 0.6) is 0 Å². The smallest absolute Gasteiger partial charge is 0.262 e. The quantitative estimate of drug-likeness (QED) is 0.864. The Labute approximate surface area is 120 Å². The van der Waals surface area contributed by atoms with E-state index in [2.05, 4.69) is 10.3 Å². The molecule has 1 aromatic heterocycles. The van der Waals surface area contributed by atoms with Crippen molar-refractivity contribution in [1.82, 2.24) is 14.9 Å². The number of hydrogen-bond donors (Lipinski definition) is 1. The van der Waals surface area contributed by atoms with E-state index in [1.165, 1.54) is 22.8 Å². The number of hydrogen-bond acceptors (Lipinski definition) is 3. The standard InChI is InChI=1S/C14H15ClFN3O/c15-14-18-12-4-3-10(16)6-11(12)13(20)19(14)8-9-2-1-5-17-7-9/h3-4,6,9,17H,1-2,5,7-8H2. The molecule has 1 fully saturated rings. The highest BCUT2D eigenvalue weighted by Gasteiger charge is 2.17. The minimum absolute atomic E-state index is 0.166. The molecule has 1 saturated heterocycles. The third-order valence-electron chi connectivity index (χ3n) is 3.71. The van der Waals surface area contributed by atoms with Gasteiger partial charge in [0.25, 0.3) is 5.56 Å². The molecule has 1 aliphatic heterocycles. The molecule has 0 amide bonds. The van der Waals surface area contributed by atoms with E-state index in [9.17, 15) is 9.18 Å². The second-order valence-corrected chi connectivity index (χ2v) is 5.51. The Hall–Kier alpha value is -1.46. The largest absolute Gasteiger partial charge is 0.316 e. The lowest BCUT2D eigenvalue weighted by Gasteiger charge is -2.23. The van der Waals surface area contributed by atoms with E-state index in [1.54, 1.807) is 0 Å². The van der Waals surface area contributed by atoms with Crippen LogP contribution in [0.2, 0.25) is 5.28 Å². The Balaban J connectivity index is 2.03. The topological polar surface area (TPSA) is 46.9 Å². The van der Waals surface area contributed by atoms with Gasteiger partial charge in [-0.3, -0.25) is 9.36 Å². The molecule has 2 aromatic rings. The fourth-order valence-corrected chi connectivity index (χ4v) is 2.90. The first kappa shape index (κ1) is 13.5. The molecule has 3 rings (SSSR count). The van der Waals surface area contributed by atoms with Crippen LogP contribution in [-0.2, 0) is 6.54 Å². The molecule has 6 heteroatoms. The van der Waals surface area contributed by atoms with Gasteiger partial charge in [-0.15, -0.1) is 0 Å². The molecule has 20 heavy (non-hydrogen) atoms. The highest BCUT2D eigenvalue weighted by atomic mass is 35.5. The number of fused-ring (bicyclic) bond motifs is 1. The minimum Gasteiger partial charge on any atom is -0.316 e. The maximum atomic E-state index is 13.3. The van der Waals surface area contributed by atoms with E-state index in [4.69, 9.17) is 11.6 Å². The first-order valence-corrected chi connectivity index (χ1v) is 7.09. The van der Waals surface area contributed by atoms with E-state index in [1.807, 2.05) is 0 Å². The van der Waals surface area contributed by atoms with Gasteiger partial charge < -0.3 is 5.32 Å². The highest BCUT2D eigenvalue weighted by molar-refractivity contribution is 6.28. The molecule has 2 heterocycles. The lowest BCUT2D eigenvalue weighted by molar-refractivity contribution is 0.333. The number of nitrogens with zero attached hydrogens (tertiary/aromatic N) is 2. The molecule has 1 unspecified atom stereocenters. The van der Waals surface area contributed by atoms with E-state index >= 15 is 0 Å². The number of nitrogens with one attached hydrogen (secondary N) is 1. The number of halogens is 2. The summed E-state index contributed by atoms with van der Waals surface area (Å²) in [5.41, 5.74) is 0.157. The van der Waals surface area contributed by atoms with Gasteiger partial charge in [-0.05, 0) is 61.6 Å². The number of piperidine rings is 1. The van der Waals surface area contributed by atoms with Crippen LogP contribution >= 0.6 is 11.6 Å². The van der Waals surface area contributed by atoms with Crippen LogP contribution in [0.3, 0.4) is 0 Å². The van der Waals surface area contributed by atoms with Crippen molar-refractivity contribution in [1.29, 1.82) is 0 Å². The Morgan fingerprint density at radius 2 is 2.35 bits per heavy atom. The SMILES string of the molecule is O=c1c2cc(F)ccc2nc(Cl)n1CC1CCCNC1. The van der Waals surface area contributed by atoms with Crippen molar-refractivity contribution in [3.8, 4) is 0 Å². The maximum absolute atomic E-state index is 13.3. The van der Waals surface area contributed by atoms with Crippen LogP contribution in [0.25, 0.3) is 10.9 Å². The fraction of sp³-hybridized carbons (Fsp3) is 0.429. The third kappa shape index (κ3) is 2.55. The van der Waals surface area contributed by atoms with Crippen LogP contribution in [0.1, 0.15) is 12.8 Å². The zero-order valence-corrected chi connectivity index (χ0v) is 11.7. The molecular weight excluding hydrogens is 281 g/mol. The summed E-state index contributed by atoms with van der Waals surface area (Å²) in [4.78, 5) is 16.6. The first-order chi connectivity index (χ1) is 9.65. The summed E-state index contributed by atoms with van der Waals surface area (Å²) >= 11 is 6.11. The van der Waals surface area contributed by atoms with Crippen LogP contribution in [0.4, 0.5) is 4.39 Å². The maximum Gasteiger partial charge on any atom is 0.262 e. The Bertz CT molecular complexity index is 695. The summed E-state index contributed by atoms with van der Waals surface area (Å²) < 4.78 is 14.7. The summed E-state index contributed by atoms with van der Waals surface area (Å²) in [6, 6.07) is 3.97. The van der Waals surface area contributed by atoms with Crippen LogP contribution in [-0.4, -0.2) is 22.6 Å². The molecular formula is C14H15ClFN3O. The van der Waals surface area contributed by atoms with Crippen molar-refractivity contribution in [3.05, 3.63) is 39.7 Å². The zero-order valence-electron chi connectivity index (χ0n) is 10.9. The summed E-state index contributed by atoms with van der Waals surface area (Å²) in [5, 5.41) is 3.74. The van der Waals surface area contributed by atoms with Gasteiger partial charge in [0.15, 0.2) is 0 Å². The molecule has 0 bridgehead atoms. The minimum atomic E-state index is -0.440. The lowest BCUT2D eigenvalue weighted by Crippen LogP contribution is -2.35. The monoisotopic (exact) mass is 295 g/mol. The lowest BCUT2D eigenvalue weighted by atomic mass is 10.00. The van der Waals surface area contributed by atoms with Gasteiger partial charge >= 0.3 is 0 Å². The van der Waals surface area contributed by atoms with Crippen molar-refractivity contribution in [2.45, 2.75) is 19.4 Å². The number of rotatable bonds is 2. The van der Waals surface area contributed by atoms with Gasteiger partial charge in [0, 0.05) is 6.54 Å². The van der Waals surface area contributed by atoms with Crippen LogP contribution in [0.15, 0.2) is 23.0 Å². The van der Waals surface area contributed by atoms with Gasteiger partial charge in [0.05, 0.1) is 10.9 Å². The molecule has 0 spiro atoms. The van der Waals surface area contributed by atoms with Crippen molar-refractivity contribution < 1.29 is 4.39 Å². The van der Waals surface area contributed by atoms with E-state index in [0.29, 0.717) is 18.0 Å². The van der Waals surface area contributed by atoms with E-state index in [-0.39, 0.29) is 16.2 Å². The third-order valence-corrected chi connectivity index (χ3v) is 4.00. The Morgan fingerprint density at radius 1 is 1.50 bits per heavy atom. The Kier molecular flexibility index (Phi) is 3.72. The van der Waals surface area contributed by atoms with E-state index in [0.717, 1.165) is 25.9 Å². The predicted octanol–water partition coefficient (Wildman–Crippen LogP) is 2.19. The molecule has 0 aliphatic carbocycles. The zero-order chi connectivity index (χ0) is 14.1. The second kappa shape index (κ2) is 5.50. The Morgan fingerprint density at radius 3 is 3.10 bits per heavy atom. The van der Waals surface area contributed by atoms with Gasteiger partial charge in [-0.25, -0.2) is 9.37 Å². The average Bonchev–Trinajstić information content (AvgIpc) is 2.46. The van der Waals surface area contributed by atoms with Crippen molar-refractivity contribution in [2.75, 3.05) is 13.1 Å². The molecule has 1 aliphatic rings. The van der Waals surface area contributed by atoms with Gasteiger partial charge in [0.2, 0.25) is 5.28 Å². The molecule has 1 atom stereocenters. The van der Waals surface area contributed by atoms with Crippen molar-refractivity contribution in [2.24, 2.45) is 5.92 Å². The molecule has 4 nitrogen and oxygen atoms in total. The van der Waals surface area contributed by atoms with Gasteiger partial charge in [0.1, 0.15) is 5.82 Å². The highest BCUT2D eigenvalue weighted by Crippen LogP contribution is 2.17. The number of benzene rings is 1. The molecule has 1 aromatic carbocycles. The summed E-state index contributed by atoms with van der Waals surface area (Å²) in [6.45, 7) is 2.40. The predicted molar refractivity (Wildman–Crippen MR) is 76.6 cm³/mol. The molecule has 0 radical (unpaired) electrons. The summed E-state index contributed by atoms with van der Waals surface area (Å²) in [6.07, 6.45) is 2.14.